The highest BCUT2D eigenvalue weighted by Gasteiger charge is 2.25. The largest absolute Gasteiger partial charge is 0.379 e. The van der Waals surface area contributed by atoms with Gasteiger partial charge < -0.3 is 15.1 Å². The van der Waals surface area contributed by atoms with Crippen LogP contribution in [0.15, 0.2) is 82.6 Å². The molecule has 0 atom stereocenters. The van der Waals surface area contributed by atoms with Crippen molar-refractivity contribution in [3.8, 4) is 0 Å². The van der Waals surface area contributed by atoms with Gasteiger partial charge in [-0.1, -0.05) is 25.1 Å². The van der Waals surface area contributed by atoms with E-state index in [4.69, 9.17) is 0 Å². The van der Waals surface area contributed by atoms with Crippen molar-refractivity contribution in [2.45, 2.75) is 55.2 Å². The first-order valence-corrected chi connectivity index (χ1v) is 19.0. The molecule has 2 fully saturated rings. The highest BCUT2D eigenvalue weighted by Crippen LogP contribution is 2.29. The lowest BCUT2D eigenvalue weighted by Crippen LogP contribution is -2.35. The fraction of sp³-hybridized carbons (Fsp3) is 0.457. The monoisotopic (exact) mass is 679 g/mol. The van der Waals surface area contributed by atoms with Gasteiger partial charge in [-0.25, -0.2) is 13.1 Å². The third-order valence-corrected chi connectivity index (χ3v) is 11.5. The Balaban J connectivity index is 1.09. The highest BCUT2D eigenvalue weighted by molar-refractivity contribution is 7.99. The summed E-state index contributed by atoms with van der Waals surface area (Å²) in [7, 11) is -4.35. The minimum absolute atomic E-state index is 0.197. The quantitative estimate of drug-likeness (QED) is 0.0834. The molecule has 2 aliphatic rings. The number of carbonyl (C=O) groups is 1. The molecule has 10 nitrogen and oxygen atoms in total. The van der Waals surface area contributed by atoms with Crippen LogP contribution in [0.1, 0.15) is 55.8 Å². The van der Waals surface area contributed by atoms with E-state index >= 15 is 0 Å². The molecule has 0 bridgehead atoms. The first kappa shape index (κ1) is 34.7. The van der Waals surface area contributed by atoms with E-state index in [0.717, 1.165) is 54.4 Å². The van der Waals surface area contributed by atoms with Crippen LogP contribution in [0.25, 0.3) is 0 Å². The second-order valence-corrected chi connectivity index (χ2v) is 15.5. The summed E-state index contributed by atoms with van der Waals surface area (Å²) in [6.45, 7) is 8.40. The third-order valence-electron chi connectivity index (χ3n) is 9.20. The van der Waals surface area contributed by atoms with E-state index in [9.17, 15) is 23.3 Å². The zero-order valence-corrected chi connectivity index (χ0v) is 28.6. The lowest BCUT2D eigenvalue weighted by Gasteiger charge is -2.34. The molecule has 1 amide bonds. The smallest absolute Gasteiger partial charge is 0.293 e. The number of hydrogen-bond donors (Lipinski definition) is 2. The van der Waals surface area contributed by atoms with Crippen LogP contribution in [0.4, 0.5) is 17.1 Å². The minimum atomic E-state index is -4.35. The minimum Gasteiger partial charge on any atom is -0.379 e. The molecule has 12 heteroatoms. The molecule has 0 spiro atoms. The number of hydrogen-bond acceptors (Lipinski definition) is 9. The maximum atomic E-state index is 13.1. The summed E-state index contributed by atoms with van der Waals surface area (Å²) in [6.07, 6.45) is 7.45. The van der Waals surface area contributed by atoms with Crippen LogP contribution in [-0.4, -0.2) is 69.2 Å². The topological polar surface area (TPSA) is 125 Å². The predicted molar refractivity (Wildman–Crippen MR) is 189 cm³/mol. The molecule has 3 aromatic carbocycles. The van der Waals surface area contributed by atoms with E-state index in [0.29, 0.717) is 12.3 Å². The number of carbonyl (C=O) groups excluding carboxylic acids is 1. The number of sulfonamides is 1. The summed E-state index contributed by atoms with van der Waals surface area (Å²) in [5.41, 5.74) is 1.03. The van der Waals surface area contributed by atoms with Crippen molar-refractivity contribution < 1.29 is 18.1 Å². The first-order chi connectivity index (χ1) is 22.7. The Morgan fingerprint density at radius 2 is 1.66 bits per heavy atom. The second kappa shape index (κ2) is 16.5. The molecule has 252 valence electrons. The number of rotatable bonds is 14. The van der Waals surface area contributed by atoms with Crippen molar-refractivity contribution in [3.63, 3.8) is 0 Å². The first-order valence-electron chi connectivity index (χ1n) is 16.5. The predicted octanol–water partition coefficient (Wildman–Crippen LogP) is 6.65. The Kier molecular flexibility index (Phi) is 12.2. The molecule has 0 saturated carbocycles. The van der Waals surface area contributed by atoms with Crippen LogP contribution in [0.5, 0.6) is 0 Å². The molecule has 0 unspecified atom stereocenters. The third kappa shape index (κ3) is 9.94. The van der Waals surface area contributed by atoms with Crippen LogP contribution in [0.2, 0.25) is 0 Å². The highest BCUT2D eigenvalue weighted by atomic mass is 32.2. The van der Waals surface area contributed by atoms with Gasteiger partial charge in [-0.3, -0.25) is 14.9 Å². The van der Waals surface area contributed by atoms with E-state index in [2.05, 4.69) is 26.8 Å². The lowest BCUT2D eigenvalue weighted by atomic mass is 9.91. The summed E-state index contributed by atoms with van der Waals surface area (Å²) in [5, 5.41) is 14.8. The summed E-state index contributed by atoms with van der Waals surface area (Å²) >= 11 is 1.60. The van der Waals surface area contributed by atoms with E-state index in [1.54, 1.807) is 23.9 Å². The van der Waals surface area contributed by atoms with Crippen LogP contribution in [0.3, 0.4) is 0 Å². The SMILES string of the molecule is CC1CCN(CCCC2CCN(c3ccc(C(=O)NS(=O)(=O)c4ccc(NCCSc5ccccc5)c([N+](=O)[O-])c4)cc3)CC2)CC1. The second-order valence-electron chi connectivity index (χ2n) is 12.6. The molecule has 0 aliphatic carbocycles. The van der Waals surface area contributed by atoms with Gasteiger partial charge in [0.2, 0.25) is 0 Å². The molecule has 2 heterocycles. The number of piperidine rings is 2. The zero-order valence-electron chi connectivity index (χ0n) is 27.0. The molecule has 3 aromatic rings. The lowest BCUT2D eigenvalue weighted by molar-refractivity contribution is -0.384. The fourth-order valence-electron chi connectivity index (χ4n) is 6.28. The van der Waals surface area contributed by atoms with Crippen molar-refractivity contribution in [1.29, 1.82) is 0 Å². The van der Waals surface area contributed by atoms with Crippen molar-refractivity contribution >= 4 is 44.8 Å². The summed E-state index contributed by atoms with van der Waals surface area (Å²) in [5.74, 6) is 1.47. The summed E-state index contributed by atoms with van der Waals surface area (Å²) in [4.78, 5) is 29.7. The average molecular weight is 680 g/mol. The molecule has 0 aromatic heterocycles. The Bertz CT molecular complexity index is 1590. The van der Waals surface area contributed by atoms with Gasteiger partial charge in [0.05, 0.1) is 9.82 Å². The molecular formula is C35H45N5O5S2. The van der Waals surface area contributed by atoms with Crippen molar-refractivity contribution in [3.05, 3.63) is 88.5 Å². The zero-order chi connectivity index (χ0) is 33.2. The van der Waals surface area contributed by atoms with E-state index in [-0.39, 0.29) is 21.8 Å². The number of thioether (sulfide) groups is 1. The van der Waals surface area contributed by atoms with Gasteiger partial charge in [0, 0.05) is 47.6 Å². The van der Waals surface area contributed by atoms with Gasteiger partial charge in [0.15, 0.2) is 0 Å². The van der Waals surface area contributed by atoms with Gasteiger partial charge in [-0.2, -0.15) is 0 Å². The van der Waals surface area contributed by atoms with Crippen molar-refractivity contribution in [1.82, 2.24) is 9.62 Å². The number of amides is 1. The molecule has 47 heavy (non-hydrogen) atoms. The number of nitrogens with zero attached hydrogens (tertiary/aromatic N) is 3. The maximum absolute atomic E-state index is 13.1. The molecule has 2 aliphatic heterocycles. The molecular weight excluding hydrogens is 635 g/mol. The van der Waals surface area contributed by atoms with Crippen molar-refractivity contribution in [2.75, 3.05) is 55.2 Å². The Morgan fingerprint density at radius 1 is 0.957 bits per heavy atom. The summed E-state index contributed by atoms with van der Waals surface area (Å²) < 4.78 is 28.2. The van der Waals surface area contributed by atoms with E-state index in [1.807, 2.05) is 42.5 Å². The molecule has 2 N–H and O–H groups in total. The van der Waals surface area contributed by atoms with Crippen LogP contribution in [-0.2, 0) is 10.0 Å². The van der Waals surface area contributed by atoms with Crippen LogP contribution >= 0.6 is 11.8 Å². The van der Waals surface area contributed by atoms with Gasteiger partial charge in [0.1, 0.15) is 5.69 Å². The van der Waals surface area contributed by atoms with Gasteiger partial charge in [-0.05, 0) is 119 Å². The number of nitro benzene ring substituents is 1. The number of nitrogens with one attached hydrogen (secondary N) is 2. The van der Waals surface area contributed by atoms with Gasteiger partial charge >= 0.3 is 0 Å². The van der Waals surface area contributed by atoms with E-state index in [1.165, 1.54) is 57.5 Å². The molecule has 5 rings (SSSR count). The number of nitro groups is 1. The Hall–Kier alpha value is -3.61. The van der Waals surface area contributed by atoms with E-state index < -0.39 is 20.9 Å². The average Bonchev–Trinajstić information content (AvgIpc) is 3.08. The normalized spacial score (nSPS) is 16.6. The van der Waals surface area contributed by atoms with Crippen LogP contribution < -0.4 is 14.9 Å². The molecule has 0 radical (unpaired) electrons. The van der Waals surface area contributed by atoms with Crippen LogP contribution in [0, 0.1) is 22.0 Å². The fourth-order valence-corrected chi connectivity index (χ4v) is 8.07. The standard InChI is InChI=1S/C35H45N5O5S2/c1-27-15-21-38(22-16-27)20-5-6-28-17-23-39(24-18-28)30-11-9-29(10-12-30)35(41)37-47(44,45)32-13-14-33(34(26-32)40(42)43)36-19-25-46-31-7-3-2-4-8-31/h2-4,7-14,26-28,36H,5-6,15-25H2,1H3,(H,37,41). The Labute approximate surface area is 282 Å². The van der Waals surface area contributed by atoms with Crippen molar-refractivity contribution in [2.24, 2.45) is 11.8 Å². The number of likely N-dealkylation sites (tertiary alicyclic amines) is 1. The van der Waals surface area contributed by atoms with Gasteiger partial charge in [0.25, 0.3) is 21.6 Å². The van der Waals surface area contributed by atoms with Gasteiger partial charge in [-0.15, -0.1) is 11.8 Å². The summed E-state index contributed by atoms with van der Waals surface area (Å²) in [6, 6.07) is 20.3. The molecule has 2 saturated heterocycles. The number of benzene rings is 3. The number of anilines is 2. The maximum Gasteiger partial charge on any atom is 0.293 e. The Morgan fingerprint density at radius 3 is 2.34 bits per heavy atom.